The third-order valence-electron chi connectivity index (χ3n) is 2.22. The first-order chi connectivity index (χ1) is 6.49. The van der Waals surface area contributed by atoms with Gasteiger partial charge in [0.2, 0.25) is 0 Å². The fourth-order valence-corrected chi connectivity index (χ4v) is 1.32. The Balaban J connectivity index is 2.66. The average molecular weight is 207 g/mol. The first-order valence-corrected chi connectivity index (χ1v) is 4.12. The molecule has 82 valence electrons. The van der Waals surface area contributed by atoms with Gasteiger partial charge in [-0.2, -0.15) is 0 Å². The molecule has 0 radical (unpaired) electrons. The van der Waals surface area contributed by atoms with Crippen LogP contribution in [0.3, 0.4) is 0 Å². The molecule has 7 heteroatoms. The fourth-order valence-electron chi connectivity index (χ4n) is 1.32. The lowest BCUT2D eigenvalue weighted by atomic mass is 10.0. The number of carbonyl (C=O) groups is 1. The van der Waals surface area contributed by atoms with Crippen molar-refractivity contribution in [3.8, 4) is 0 Å². The van der Waals surface area contributed by atoms with Crippen molar-refractivity contribution in [3.63, 3.8) is 0 Å². The van der Waals surface area contributed by atoms with Crippen LogP contribution in [0.4, 0.5) is 0 Å². The van der Waals surface area contributed by atoms with Crippen LogP contribution in [0.1, 0.15) is 0 Å². The van der Waals surface area contributed by atoms with Crippen LogP contribution in [-0.2, 0) is 4.79 Å². The van der Waals surface area contributed by atoms with Gasteiger partial charge in [0.1, 0.15) is 18.3 Å². The predicted octanol–water partition coefficient (Wildman–Crippen LogP) is -4.08. The molecule has 1 aliphatic rings. The molecule has 0 aliphatic carbocycles. The number of rotatable bonds is 3. The van der Waals surface area contributed by atoms with E-state index in [-0.39, 0.29) is 0 Å². The molecule has 1 aliphatic heterocycles. The van der Waals surface area contributed by atoms with Crippen molar-refractivity contribution in [2.75, 3.05) is 6.61 Å². The Morgan fingerprint density at radius 2 is 1.93 bits per heavy atom. The topological polar surface area (TPSA) is 130 Å². The van der Waals surface area contributed by atoms with Gasteiger partial charge in [-0.05, 0) is 0 Å². The maximum Gasteiger partial charge on any atom is 0.252 e. The summed E-state index contributed by atoms with van der Waals surface area (Å²) >= 11 is 0. The molecule has 1 rings (SSSR count). The predicted molar refractivity (Wildman–Crippen MR) is 43.0 cm³/mol. The third-order valence-corrected chi connectivity index (χ3v) is 2.22. The van der Waals surface area contributed by atoms with Crippen LogP contribution in [0, 0.1) is 0 Å². The van der Waals surface area contributed by atoms with E-state index in [4.69, 9.17) is 15.3 Å². The average Bonchev–Trinajstić information content (AvgIpc) is 2.43. The van der Waals surface area contributed by atoms with Gasteiger partial charge >= 0.3 is 0 Å². The largest absolute Gasteiger partial charge is 0.394 e. The zero-order chi connectivity index (χ0) is 10.9. The van der Waals surface area contributed by atoms with Gasteiger partial charge in [-0.15, -0.1) is 0 Å². The molecule has 6 N–H and O–H groups in total. The van der Waals surface area contributed by atoms with Crippen molar-refractivity contribution < 1.29 is 30.3 Å². The minimum atomic E-state index is -1.61. The smallest absolute Gasteiger partial charge is 0.252 e. The Kier molecular flexibility index (Phi) is 3.40. The van der Waals surface area contributed by atoms with Gasteiger partial charge in [-0.25, -0.2) is 0 Å². The van der Waals surface area contributed by atoms with Crippen LogP contribution >= 0.6 is 0 Å². The Morgan fingerprint density at radius 3 is 2.29 bits per heavy atom. The van der Waals surface area contributed by atoms with Gasteiger partial charge in [-0.3, -0.25) is 4.79 Å². The van der Waals surface area contributed by atoms with Crippen LogP contribution < -0.4 is 5.32 Å². The summed E-state index contributed by atoms with van der Waals surface area (Å²) in [6, 6.07) is -1.17. The van der Waals surface area contributed by atoms with Crippen molar-refractivity contribution in [1.29, 1.82) is 0 Å². The summed E-state index contributed by atoms with van der Waals surface area (Å²) in [5.41, 5.74) is 0. The number of carbonyl (C=O) groups excluding carboxylic acids is 1. The first-order valence-electron chi connectivity index (χ1n) is 4.12. The van der Waals surface area contributed by atoms with E-state index in [9.17, 15) is 15.0 Å². The molecule has 7 nitrogen and oxygen atoms in total. The molecular formula is C7H13NO6. The summed E-state index contributed by atoms with van der Waals surface area (Å²) in [5.74, 6) is -0.813. The van der Waals surface area contributed by atoms with Crippen LogP contribution in [-0.4, -0.2) is 68.5 Å². The number of hydrogen-bond donors (Lipinski definition) is 6. The number of hydrogen-bond acceptors (Lipinski definition) is 6. The summed E-state index contributed by atoms with van der Waals surface area (Å²) in [4.78, 5) is 10.8. The quantitative estimate of drug-likeness (QED) is 0.279. The second-order valence-corrected chi connectivity index (χ2v) is 3.21. The Morgan fingerprint density at radius 1 is 1.36 bits per heavy atom. The zero-order valence-corrected chi connectivity index (χ0v) is 7.24. The Bertz CT molecular complexity index is 222. The molecule has 1 heterocycles. The van der Waals surface area contributed by atoms with Crippen molar-refractivity contribution in [1.82, 2.24) is 5.32 Å². The lowest BCUT2D eigenvalue weighted by Crippen LogP contribution is -2.50. The van der Waals surface area contributed by atoms with Crippen molar-refractivity contribution in [2.24, 2.45) is 0 Å². The van der Waals surface area contributed by atoms with Gasteiger partial charge in [0, 0.05) is 0 Å². The second-order valence-electron chi connectivity index (χ2n) is 3.21. The lowest BCUT2D eigenvalue weighted by molar-refractivity contribution is -0.128. The molecule has 0 aromatic heterocycles. The standard InChI is InChI=1S/C7H13NO6/c9-1-2(10)4(11)3-5(12)6(13)7(14)8-3/h2-6,9-13H,1H2,(H,8,14)/t2-,3+,4-,5+,6+/m1/s1. The summed E-state index contributed by atoms with van der Waals surface area (Å²) < 4.78 is 0. The Labute approximate surface area is 79.6 Å². The molecule has 14 heavy (non-hydrogen) atoms. The number of aliphatic hydroxyl groups excluding tert-OH is 5. The maximum atomic E-state index is 10.8. The molecule has 0 bridgehead atoms. The molecule has 0 aromatic carbocycles. The molecule has 0 spiro atoms. The highest BCUT2D eigenvalue weighted by Gasteiger charge is 2.45. The van der Waals surface area contributed by atoms with Gasteiger partial charge < -0.3 is 30.8 Å². The Hall–Kier alpha value is -0.730. The van der Waals surface area contributed by atoms with E-state index in [0.717, 1.165) is 0 Å². The normalized spacial score (nSPS) is 36.6. The molecule has 5 atom stereocenters. The van der Waals surface area contributed by atoms with Gasteiger partial charge in [0.25, 0.3) is 5.91 Å². The molecule has 1 fully saturated rings. The highest BCUT2D eigenvalue weighted by molar-refractivity contribution is 5.84. The minimum Gasteiger partial charge on any atom is -0.394 e. The van der Waals surface area contributed by atoms with Gasteiger partial charge in [0.15, 0.2) is 6.10 Å². The van der Waals surface area contributed by atoms with Gasteiger partial charge in [-0.1, -0.05) is 0 Å². The van der Waals surface area contributed by atoms with Crippen molar-refractivity contribution in [2.45, 2.75) is 30.5 Å². The van der Waals surface area contributed by atoms with E-state index in [1.165, 1.54) is 0 Å². The lowest BCUT2D eigenvalue weighted by Gasteiger charge is -2.24. The van der Waals surface area contributed by atoms with Crippen molar-refractivity contribution in [3.05, 3.63) is 0 Å². The van der Waals surface area contributed by atoms with E-state index in [2.05, 4.69) is 5.32 Å². The third kappa shape index (κ3) is 1.86. The minimum absolute atomic E-state index is 0.698. The summed E-state index contributed by atoms with van der Waals surface area (Å²) in [5, 5.41) is 47.3. The fraction of sp³-hybridized carbons (Fsp3) is 0.857. The monoisotopic (exact) mass is 207 g/mol. The highest BCUT2D eigenvalue weighted by Crippen LogP contribution is 2.14. The molecule has 0 saturated carbocycles. The molecule has 0 aromatic rings. The van der Waals surface area contributed by atoms with E-state index in [0.29, 0.717) is 0 Å². The summed E-state index contributed by atoms with van der Waals surface area (Å²) in [6.07, 6.45) is -6.09. The molecule has 1 amide bonds. The maximum absolute atomic E-state index is 10.8. The zero-order valence-electron chi connectivity index (χ0n) is 7.24. The van der Waals surface area contributed by atoms with E-state index in [1.54, 1.807) is 0 Å². The van der Waals surface area contributed by atoms with Gasteiger partial charge in [0.05, 0.1) is 12.6 Å². The van der Waals surface area contributed by atoms with E-state index >= 15 is 0 Å². The van der Waals surface area contributed by atoms with E-state index < -0.39 is 43.0 Å². The number of aliphatic hydroxyl groups is 5. The van der Waals surface area contributed by atoms with Crippen LogP contribution in [0.15, 0.2) is 0 Å². The second kappa shape index (κ2) is 4.20. The number of amides is 1. The van der Waals surface area contributed by atoms with Crippen LogP contribution in [0.2, 0.25) is 0 Å². The van der Waals surface area contributed by atoms with Crippen LogP contribution in [0.5, 0.6) is 0 Å². The van der Waals surface area contributed by atoms with Crippen molar-refractivity contribution >= 4 is 5.91 Å². The molecule has 1 saturated heterocycles. The molecule has 0 unspecified atom stereocenters. The molecular weight excluding hydrogens is 194 g/mol. The first kappa shape index (κ1) is 11.3. The summed E-state index contributed by atoms with van der Waals surface area (Å²) in [7, 11) is 0. The SMILES string of the molecule is O=C1N[C@@H]([C@H](O)[C@H](O)CO)[C@H](O)[C@@H]1O. The van der Waals surface area contributed by atoms with E-state index in [1.807, 2.05) is 0 Å². The number of nitrogens with one attached hydrogen (secondary N) is 1. The summed E-state index contributed by atoms with van der Waals surface area (Å²) in [6.45, 7) is -0.698. The highest BCUT2D eigenvalue weighted by atomic mass is 16.4. The van der Waals surface area contributed by atoms with Crippen LogP contribution in [0.25, 0.3) is 0 Å².